The minimum Gasteiger partial charge on any atom is -0.380 e. The van der Waals surface area contributed by atoms with Crippen LogP contribution in [0.5, 0.6) is 0 Å². The maximum absolute atomic E-state index is 11.3. The van der Waals surface area contributed by atoms with Crippen molar-refractivity contribution in [2.75, 3.05) is 26.3 Å². The number of carbonyl (C=O) groups excluding carboxylic acids is 1. The van der Waals surface area contributed by atoms with Crippen LogP contribution in [0.25, 0.3) is 0 Å². The molecule has 0 radical (unpaired) electrons. The zero-order valence-electron chi connectivity index (χ0n) is 10.8. The average Bonchev–Trinajstić information content (AvgIpc) is 2.27. The summed E-state index contributed by atoms with van der Waals surface area (Å²) in [4.78, 5) is 11.3. The molecule has 2 N–H and O–H groups in total. The first kappa shape index (κ1) is 15.4. The lowest BCUT2D eigenvalue weighted by Gasteiger charge is -2.11. The highest BCUT2D eigenvalue weighted by molar-refractivity contribution is 5.78. The van der Waals surface area contributed by atoms with Crippen LogP contribution >= 0.6 is 0 Å². The molecule has 4 nitrogen and oxygen atoms in total. The van der Waals surface area contributed by atoms with E-state index >= 15 is 0 Å². The second-order valence-electron chi connectivity index (χ2n) is 4.02. The lowest BCUT2D eigenvalue weighted by atomic mass is 10.2. The summed E-state index contributed by atoms with van der Waals surface area (Å²) < 4.78 is 5.36. The topological polar surface area (TPSA) is 50.4 Å². The van der Waals surface area contributed by atoms with Crippen LogP contribution in [0.4, 0.5) is 0 Å². The van der Waals surface area contributed by atoms with Gasteiger partial charge in [-0.1, -0.05) is 20.3 Å². The van der Waals surface area contributed by atoms with E-state index in [2.05, 4.69) is 24.5 Å². The van der Waals surface area contributed by atoms with Gasteiger partial charge in [-0.15, -0.1) is 0 Å². The van der Waals surface area contributed by atoms with Gasteiger partial charge in [0.1, 0.15) is 0 Å². The third kappa shape index (κ3) is 9.93. The van der Waals surface area contributed by atoms with Crippen molar-refractivity contribution >= 4 is 5.91 Å². The van der Waals surface area contributed by atoms with Crippen molar-refractivity contribution < 1.29 is 9.53 Å². The highest BCUT2D eigenvalue weighted by Gasteiger charge is 2.03. The fourth-order valence-electron chi connectivity index (χ4n) is 1.12. The Bertz CT molecular complexity index is 174. The molecule has 16 heavy (non-hydrogen) atoms. The predicted octanol–water partition coefficient (Wildman–Crippen LogP) is 1.31. The van der Waals surface area contributed by atoms with E-state index in [-0.39, 0.29) is 11.9 Å². The Morgan fingerprint density at radius 1 is 1.31 bits per heavy atom. The first-order chi connectivity index (χ1) is 7.70. The Hall–Kier alpha value is -0.610. The summed E-state index contributed by atoms with van der Waals surface area (Å²) in [7, 11) is 0. The number of rotatable bonds is 10. The molecule has 0 aromatic rings. The van der Waals surface area contributed by atoms with Crippen LogP contribution in [0.15, 0.2) is 0 Å². The largest absolute Gasteiger partial charge is 0.380 e. The summed E-state index contributed by atoms with van der Waals surface area (Å²) in [6.07, 6.45) is 3.23. The molecular formula is C12H26N2O2. The van der Waals surface area contributed by atoms with E-state index < -0.39 is 0 Å². The second kappa shape index (κ2) is 10.9. The molecule has 96 valence electrons. The van der Waals surface area contributed by atoms with Crippen LogP contribution in [-0.4, -0.2) is 38.3 Å². The highest BCUT2D eigenvalue weighted by atomic mass is 16.5. The number of carbonyl (C=O) groups is 1. The van der Waals surface area contributed by atoms with Crippen molar-refractivity contribution in [2.45, 2.75) is 46.1 Å². The van der Waals surface area contributed by atoms with Gasteiger partial charge in [-0.25, -0.2) is 0 Å². The van der Waals surface area contributed by atoms with Crippen molar-refractivity contribution in [3.63, 3.8) is 0 Å². The molecule has 0 aromatic carbocycles. The van der Waals surface area contributed by atoms with E-state index in [1.807, 2.05) is 6.92 Å². The molecule has 4 heteroatoms. The Labute approximate surface area is 99.1 Å². The normalized spacial score (nSPS) is 12.4. The summed E-state index contributed by atoms with van der Waals surface area (Å²) in [5.74, 6) is 0.0582. The van der Waals surface area contributed by atoms with Crippen molar-refractivity contribution in [3.05, 3.63) is 0 Å². The van der Waals surface area contributed by atoms with Crippen molar-refractivity contribution in [1.82, 2.24) is 10.6 Å². The van der Waals surface area contributed by atoms with Crippen LogP contribution in [-0.2, 0) is 9.53 Å². The smallest absolute Gasteiger partial charge is 0.234 e. The van der Waals surface area contributed by atoms with E-state index in [9.17, 15) is 4.79 Å². The fourth-order valence-corrected chi connectivity index (χ4v) is 1.12. The number of hydrogen-bond acceptors (Lipinski definition) is 3. The standard InChI is InChI=1S/C12H26N2O2/c1-4-6-8-16-9-7-13-10-12(15)14-11(3)5-2/h11,13H,4-10H2,1-3H3,(H,14,15). The summed E-state index contributed by atoms with van der Waals surface area (Å²) in [5.41, 5.74) is 0. The van der Waals surface area contributed by atoms with Crippen LogP contribution in [0.2, 0.25) is 0 Å². The van der Waals surface area contributed by atoms with Gasteiger partial charge < -0.3 is 15.4 Å². The van der Waals surface area contributed by atoms with Crippen LogP contribution < -0.4 is 10.6 Å². The van der Waals surface area contributed by atoms with E-state index in [1.54, 1.807) is 0 Å². The van der Waals surface area contributed by atoms with Gasteiger partial charge in [0, 0.05) is 19.2 Å². The molecule has 0 spiro atoms. The first-order valence-corrected chi connectivity index (χ1v) is 6.28. The molecule has 0 aliphatic carbocycles. The number of hydrogen-bond donors (Lipinski definition) is 2. The molecule has 0 bridgehead atoms. The van der Waals surface area contributed by atoms with Gasteiger partial charge in [-0.2, -0.15) is 0 Å². The maximum Gasteiger partial charge on any atom is 0.234 e. The first-order valence-electron chi connectivity index (χ1n) is 6.28. The molecule has 0 rings (SSSR count). The second-order valence-corrected chi connectivity index (χ2v) is 4.02. The molecular weight excluding hydrogens is 204 g/mol. The third-order valence-electron chi connectivity index (χ3n) is 2.37. The average molecular weight is 230 g/mol. The van der Waals surface area contributed by atoms with E-state index in [4.69, 9.17) is 4.74 Å². The zero-order chi connectivity index (χ0) is 12.2. The Balaban J connectivity index is 3.21. The third-order valence-corrected chi connectivity index (χ3v) is 2.37. The molecule has 1 amide bonds. The van der Waals surface area contributed by atoms with E-state index in [0.717, 1.165) is 32.4 Å². The molecule has 0 saturated heterocycles. The summed E-state index contributed by atoms with van der Waals surface area (Å²) >= 11 is 0. The summed E-state index contributed by atoms with van der Waals surface area (Å²) in [5, 5.41) is 5.95. The van der Waals surface area contributed by atoms with Crippen molar-refractivity contribution in [1.29, 1.82) is 0 Å². The van der Waals surface area contributed by atoms with Gasteiger partial charge in [0.05, 0.1) is 13.2 Å². The lowest BCUT2D eigenvalue weighted by Crippen LogP contribution is -2.39. The molecule has 0 aliphatic rings. The predicted molar refractivity (Wildman–Crippen MR) is 66.5 cm³/mol. The number of unbranched alkanes of at least 4 members (excludes halogenated alkanes) is 1. The maximum atomic E-state index is 11.3. The number of amides is 1. The van der Waals surface area contributed by atoms with Crippen LogP contribution in [0.3, 0.4) is 0 Å². The number of nitrogens with one attached hydrogen (secondary N) is 2. The molecule has 0 fully saturated rings. The van der Waals surface area contributed by atoms with Gasteiger partial charge in [0.2, 0.25) is 5.91 Å². The Morgan fingerprint density at radius 3 is 2.69 bits per heavy atom. The zero-order valence-corrected chi connectivity index (χ0v) is 10.8. The van der Waals surface area contributed by atoms with Crippen LogP contribution in [0.1, 0.15) is 40.0 Å². The van der Waals surface area contributed by atoms with Crippen molar-refractivity contribution in [3.8, 4) is 0 Å². The van der Waals surface area contributed by atoms with Gasteiger partial charge in [0.15, 0.2) is 0 Å². The van der Waals surface area contributed by atoms with Crippen LogP contribution in [0, 0.1) is 0 Å². The Morgan fingerprint density at radius 2 is 2.06 bits per heavy atom. The molecule has 0 saturated carbocycles. The molecule has 0 aliphatic heterocycles. The monoisotopic (exact) mass is 230 g/mol. The lowest BCUT2D eigenvalue weighted by molar-refractivity contribution is -0.120. The Kier molecular flexibility index (Phi) is 10.5. The number of ether oxygens (including phenoxy) is 1. The van der Waals surface area contributed by atoms with Gasteiger partial charge in [-0.05, 0) is 19.8 Å². The fraction of sp³-hybridized carbons (Fsp3) is 0.917. The minimum absolute atomic E-state index is 0.0582. The molecule has 1 atom stereocenters. The van der Waals surface area contributed by atoms with E-state index in [0.29, 0.717) is 13.2 Å². The van der Waals surface area contributed by atoms with Gasteiger partial charge in [0.25, 0.3) is 0 Å². The quantitative estimate of drug-likeness (QED) is 0.556. The summed E-state index contributed by atoms with van der Waals surface area (Å²) in [6, 6.07) is 0.259. The molecule has 0 heterocycles. The highest BCUT2D eigenvalue weighted by Crippen LogP contribution is 1.87. The molecule has 0 aromatic heterocycles. The van der Waals surface area contributed by atoms with Gasteiger partial charge in [-0.3, -0.25) is 4.79 Å². The van der Waals surface area contributed by atoms with E-state index in [1.165, 1.54) is 0 Å². The SMILES string of the molecule is CCCCOCCNCC(=O)NC(C)CC. The molecule has 1 unspecified atom stereocenters. The van der Waals surface area contributed by atoms with Crippen molar-refractivity contribution in [2.24, 2.45) is 0 Å². The minimum atomic E-state index is 0.0582. The summed E-state index contributed by atoms with van der Waals surface area (Å²) in [6.45, 7) is 8.81. The van der Waals surface area contributed by atoms with Gasteiger partial charge >= 0.3 is 0 Å².